The molecule has 0 fully saturated rings. The maximum Gasteiger partial charge on any atom is 0.225 e. The van der Waals surface area contributed by atoms with Crippen molar-refractivity contribution in [2.45, 2.75) is 6.54 Å². The molecule has 0 spiro atoms. The van der Waals surface area contributed by atoms with Crippen LogP contribution in [0.15, 0.2) is 12.1 Å². The average molecular weight is 237 g/mol. The Balaban J connectivity index is 3.04. The third-order valence-corrected chi connectivity index (χ3v) is 2.19. The van der Waals surface area contributed by atoms with Crippen LogP contribution in [0.1, 0.15) is 5.56 Å². The highest BCUT2D eigenvalue weighted by molar-refractivity contribution is 5.80. The Morgan fingerprint density at radius 1 is 1.18 bits per heavy atom. The third-order valence-electron chi connectivity index (χ3n) is 2.19. The summed E-state index contributed by atoms with van der Waals surface area (Å²) in [6.45, 7) is 5.30. The molecular weight excluding hydrogens is 222 g/mol. The molecule has 0 heterocycles. The largest absolute Gasteiger partial charge is 0.493 e. The van der Waals surface area contributed by atoms with E-state index in [2.05, 4.69) is 5.32 Å². The maximum absolute atomic E-state index is 10.6. The van der Waals surface area contributed by atoms with Crippen molar-refractivity contribution in [1.82, 2.24) is 5.32 Å². The Labute approximate surface area is 101 Å². The SMILES string of the molecule is [CH]C(=O)NCc1cc(OC)c(OC)c(OC)c1. The normalized spacial score (nSPS) is 9.65. The number of rotatable bonds is 5. The van der Waals surface area contributed by atoms with E-state index in [0.29, 0.717) is 23.8 Å². The number of hydrogen-bond donors (Lipinski definition) is 1. The highest BCUT2D eigenvalue weighted by Crippen LogP contribution is 2.38. The highest BCUT2D eigenvalue weighted by atomic mass is 16.5. The Hall–Kier alpha value is -1.91. The lowest BCUT2D eigenvalue weighted by atomic mass is 10.2. The molecule has 0 aliphatic rings. The summed E-state index contributed by atoms with van der Waals surface area (Å²) in [5.74, 6) is 0.998. The van der Waals surface area contributed by atoms with Gasteiger partial charge >= 0.3 is 0 Å². The second kappa shape index (κ2) is 5.98. The van der Waals surface area contributed by atoms with Gasteiger partial charge in [-0.1, -0.05) is 0 Å². The first kappa shape index (κ1) is 13.2. The van der Waals surface area contributed by atoms with Gasteiger partial charge in [0.25, 0.3) is 0 Å². The Morgan fingerprint density at radius 3 is 2.06 bits per heavy atom. The molecule has 0 unspecified atom stereocenters. The van der Waals surface area contributed by atoms with Crippen molar-refractivity contribution in [3.63, 3.8) is 0 Å². The van der Waals surface area contributed by atoms with Crippen LogP contribution in [0.25, 0.3) is 0 Å². The molecule has 2 radical (unpaired) electrons. The zero-order chi connectivity index (χ0) is 12.8. The van der Waals surface area contributed by atoms with Crippen molar-refractivity contribution in [2.75, 3.05) is 21.3 Å². The van der Waals surface area contributed by atoms with Gasteiger partial charge in [0.05, 0.1) is 28.3 Å². The van der Waals surface area contributed by atoms with Crippen LogP contribution in [0.5, 0.6) is 17.2 Å². The molecule has 0 aromatic heterocycles. The lowest BCUT2D eigenvalue weighted by Crippen LogP contribution is -2.19. The minimum atomic E-state index is -0.584. The van der Waals surface area contributed by atoms with Crippen molar-refractivity contribution < 1.29 is 19.0 Å². The second-order valence-corrected chi connectivity index (χ2v) is 3.25. The summed E-state index contributed by atoms with van der Waals surface area (Å²) in [5.41, 5.74) is 0.804. The van der Waals surface area contributed by atoms with E-state index in [4.69, 9.17) is 21.1 Å². The monoisotopic (exact) mass is 237 g/mol. The molecule has 0 aliphatic carbocycles. The van der Waals surface area contributed by atoms with Gasteiger partial charge < -0.3 is 19.5 Å². The van der Waals surface area contributed by atoms with E-state index < -0.39 is 5.91 Å². The number of carbonyl (C=O) groups excluding carboxylic acids is 1. The van der Waals surface area contributed by atoms with Gasteiger partial charge in [-0.2, -0.15) is 0 Å². The number of methoxy groups -OCH3 is 3. The molecule has 0 saturated carbocycles. The van der Waals surface area contributed by atoms with Gasteiger partial charge in [-0.15, -0.1) is 0 Å². The van der Waals surface area contributed by atoms with Crippen molar-refractivity contribution in [3.05, 3.63) is 24.6 Å². The minimum Gasteiger partial charge on any atom is -0.493 e. The van der Waals surface area contributed by atoms with Gasteiger partial charge in [0, 0.05) is 6.54 Å². The summed E-state index contributed by atoms with van der Waals surface area (Å²) >= 11 is 0. The Bertz CT molecular complexity index is 378. The fraction of sp³-hybridized carbons (Fsp3) is 0.333. The van der Waals surface area contributed by atoms with Crippen molar-refractivity contribution >= 4 is 5.91 Å². The van der Waals surface area contributed by atoms with Crippen LogP contribution >= 0.6 is 0 Å². The number of amides is 1. The lowest BCUT2D eigenvalue weighted by Gasteiger charge is -2.14. The van der Waals surface area contributed by atoms with Gasteiger partial charge in [0.1, 0.15) is 0 Å². The first-order valence-corrected chi connectivity index (χ1v) is 4.94. The molecule has 1 aromatic carbocycles. The molecule has 1 amide bonds. The predicted octanol–water partition coefficient (Wildman–Crippen LogP) is 1.04. The highest BCUT2D eigenvalue weighted by Gasteiger charge is 2.12. The Morgan fingerprint density at radius 2 is 1.71 bits per heavy atom. The van der Waals surface area contributed by atoms with Crippen LogP contribution in [0.4, 0.5) is 0 Å². The molecule has 1 aromatic rings. The van der Waals surface area contributed by atoms with E-state index >= 15 is 0 Å². The number of benzene rings is 1. The van der Waals surface area contributed by atoms with Crippen LogP contribution < -0.4 is 19.5 Å². The minimum absolute atomic E-state index is 0.298. The molecule has 17 heavy (non-hydrogen) atoms. The fourth-order valence-electron chi connectivity index (χ4n) is 1.43. The van der Waals surface area contributed by atoms with Gasteiger partial charge in [-0.3, -0.25) is 4.79 Å². The van der Waals surface area contributed by atoms with E-state index in [1.165, 1.54) is 21.3 Å². The molecule has 92 valence electrons. The summed E-state index contributed by atoms with van der Waals surface area (Å²) in [5, 5.41) is 2.49. The molecule has 1 N–H and O–H groups in total. The van der Waals surface area contributed by atoms with Gasteiger partial charge in [-0.05, 0) is 17.7 Å². The molecule has 5 heteroatoms. The molecule has 5 nitrogen and oxygen atoms in total. The van der Waals surface area contributed by atoms with Crippen molar-refractivity contribution in [3.8, 4) is 17.2 Å². The third kappa shape index (κ3) is 3.27. The zero-order valence-electron chi connectivity index (χ0n) is 10.1. The summed E-state index contributed by atoms with van der Waals surface area (Å²) in [7, 11) is 4.59. The van der Waals surface area contributed by atoms with E-state index in [0.717, 1.165) is 5.56 Å². The van der Waals surface area contributed by atoms with Crippen LogP contribution in [-0.4, -0.2) is 27.2 Å². The lowest BCUT2D eigenvalue weighted by molar-refractivity contribution is -0.116. The predicted molar refractivity (Wildman–Crippen MR) is 62.2 cm³/mol. The number of ether oxygens (including phenoxy) is 3. The van der Waals surface area contributed by atoms with Gasteiger partial charge in [-0.25, -0.2) is 0 Å². The fourth-order valence-corrected chi connectivity index (χ4v) is 1.43. The second-order valence-electron chi connectivity index (χ2n) is 3.25. The number of carbonyl (C=O) groups is 1. The molecule has 0 atom stereocenters. The van der Waals surface area contributed by atoms with Crippen molar-refractivity contribution in [1.29, 1.82) is 0 Å². The van der Waals surface area contributed by atoms with E-state index in [1.54, 1.807) is 12.1 Å². The summed E-state index contributed by atoms with van der Waals surface area (Å²) in [4.78, 5) is 10.6. The average Bonchev–Trinajstić information content (AvgIpc) is 2.34. The number of hydrogen-bond acceptors (Lipinski definition) is 4. The smallest absolute Gasteiger partial charge is 0.225 e. The summed E-state index contributed by atoms with van der Waals surface area (Å²) in [6, 6.07) is 3.49. The summed E-state index contributed by atoms with van der Waals surface area (Å²) in [6.07, 6.45) is 0. The van der Waals surface area contributed by atoms with Crippen LogP contribution in [0, 0.1) is 6.92 Å². The molecule has 0 bridgehead atoms. The van der Waals surface area contributed by atoms with Crippen LogP contribution in [-0.2, 0) is 11.3 Å². The zero-order valence-corrected chi connectivity index (χ0v) is 10.1. The van der Waals surface area contributed by atoms with E-state index in [9.17, 15) is 4.79 Å². The van der Waals surface area contributed by atoms with Crippen molar-refractivity contribution in [2.24, 2.45) is 0 Å². The van der Waals surface area contributed by atoms with E-state index in [-0.39, 0.29) is 0 Å². The van der Waals surface area contributed by atoms with Crippen LogP contribution in [0.2, 0.25) is 0 Å². The van der Waals surface area contributed by atoms with Crippen LogP contribution in [0.3, 0.4) is 0 Å². The maximum atomic E-state index is 10.6. The molecule has 1 rings (SSSR count). The van der Waals surface area contributed by atoms with E-state index in [1.807, 2.05) is 0 Å². The first-order valence-electron chi connectivity index (χ1n) is 4.94. The molecule has 0 saturated heterocycles. The topological polar surface area (TPSA) is 56.8 Å². The Kier molecular flexibility index (Phi) is 4.63. The summed E-state index contributed by atoms with van der Waals surface area (Å²) < 4.78 is 15.5. The first-order chi connectivity index (χ1) is 8.12. The number of nitrogens with one attached hydrogen (secondary N) is 1. The van der Waals surface area contributed by atoms with Gasteiger partial charge in [0.2, 0.25) is 11.7 Å². The standard InChI is InChI=1S/C12H15NO4/c1-8(14)13-7-9-5-10(15-2)12(17-4)11(6-9)16-3/h1,5-6H,7H2,2-4H3,(H,13,14). The van der Waals surface area contributed by atoms with Gasteiger partial charge in [0.15, 0.2) is 11.5 Å². The molecular formula is C12H15NO4. The molecule has 0 aliphatic heterocycles. The quantitative estimate of drug-likeness (QED) is 0.831.